The van der Waals surface area contributed by atoms with Crippen LogP contribution in [0.5, 0.6) is 0 Å². The third-order valence-corrected chi connectivity index (χ3v) is 5.16. The number of hydrogen-bond donors (Lipinski definition) is 0. The average molecular weight is 412 g/mol. The molecule has 0 aliphatic carbocycles. The SMILES string of the molecule is C(=C\c1cc(-c2cccnc2)cnc1-c1ccc(-c2cccnc2)nc1)/c1ccccc1. The first-order chi connectivity index (χ1) is 15.9. The minimum atomic E-state index is 0.884. The molecule has 4 aromatic heterocycles. The van der Waals surface area contributed by atoms with Gasteiger partial charge in [0, 0.05) is 65.0 Å². The minimum absolute atomic E-state index is 0.884. The Morgan fingerprint density at radius 2 is 1.28 bits per heavy atom. The van der Waals surface area contributed by atoms with Gasteiger partial charge in [0.2, 0.25) is 0 Å². The lowest BCUT2D eigenvalue weighted by atomic mass is 10.0. The molecule has 0 atom stereocenters. The van der Waals surface area contributed by atoms with Crippen molar-refractivity contribution < 1.29 is 0 Å². The molecule has 0 bridgehead atoms. The second-order valence-electron chi connectivity index (χ2n) is 7.32. The van der Waals surface area contributed by atoms with E-state index < -0.39 is 0 Å². The maximum absolute atomic E-state index is 4.81. The third-order valence-electron chi connectivity index (χ3n) is 5.16. The molecule has 1 aromatic carbocycles. The van der Waals surface area contributed by atoms with E-state index in [1.807, 2.05) is 73.3 Å². The monoisotopic (exact) mass is 412 g/mol. The molecule has 0 radical (unpaired) electrons. The molecule has 32 heavy (non-hydrogen) atoms. The summed E-state index contributed by atoms with van der Waals surface area (Å²) in [6.07, 6.45) is 15.2. The van der Waals surface area contributed by atoms with Gasteiger partial charge >= 0.3 is 0 Å². The van der Waals surface area contributed by atoms with Gasteiger partial charge < -0.3 is 0 Å². The maximum atomic E-state index is 4.81. The van der Waals surface area contributed by atoms with Gasteiger partial charge in [-0.1, -0.05) is 48.6 Å². The molecule has 0 spiro atoms. The van der Waals surface area contributed by atoms with Crippen molar-refractivity contribution in [1.29, 1.82) is 0 Å². The number of rotatable bonds is 5. The van der Waals surface area contributed by atoms with Gasteiger partial charge in [-0.3, -0.25) is 19.9 Å². The Kier molecular flexibility index (Phi) is 5.58. The molecule has 0 N–H and O–H groups in total. The van der Waals surface area contributed by atoms with Gasteiger partial charge in [-0.05, 0) is 42.0 Å². The van der Waals surface area contributed by atoms with E-state index in [4.69, 9.17) is 4.98 Å². The van der Waals surface area contributed by atoms with Crippen LogP contribution in [0.4, 0.5) is 0 Å². The van der Waals surface area contributed by atoms with Crippen LogP contribution in [0.1, 0.15) is 11.1 Å². The summed E-state index contributed by atoms with van der Waals surface area (Å²) in [4.78, 5) is 17.9. The van der Waals surface area contributed by atoms with Crippen LogP contribution < -0.4 is 0 Å². The molecule has 0 aliphatic rings. The highest BCUT2D eigenvalue weighted by Crippen LogP contribution is 2.28. The fourth-order valence-corrected chi connectivity index (χ4v) is 3.51. The predicted octanol–water partition coefficient (Wildman–Crippen LogP) is 6.44. The summed E-state index contributed by atoms with van der Waals surface area (Å²) in [6.45, 7) is 0. The third kappa shape index (κ3) is 4.35. The average Bonchev–Trinajstić information content (AvgIpc) is 2.89. The first-order valence-electron chi connectivity index (χ1n) is 10.4. The van der Waals surface area contributed by atoms with E-state index in [1.54, 1.807) is 12.4 Å². The van der Waals surface area contributed by atoms with Crippen molar-refractivity contribution in [3.63, 3.8) is 0 Å². The second-order valence-corrected chi connectivity index (χ2v) is 7.32. The Morgan fingerprint density at radius 1 is 0.531 bits per heavy atom. The zero-order chi connectivity index (χ0) is 21.6. The van der Waals surface area contributed by atoms with Crippen LogP contribution >= 0.6 is 0 Å². The van der Waals surface area contributed by atoms with E-state index in [1.165, 1.54) is 0 Å². The molecule has 0 unspecified atom stereocenters. The molecule has 5 rings (SSSR count). The van der Waals surface area contributed by atoms with Crippen molar-refractivity contribution in [3.05, 3.63) is 121 Å². The van der Waals surface area contributed by atoms with Crippen molar-refractivity contribution in [2.75, 3.05) is 0 Å². The van der Waals surface area contributed by atoms with Crippen LogP contribution in [0.2, 0.25) is 0 Å². The van der Waals surface area contributed by atoms with Crippen molar-refractivity contribution in [1.82, 2.24) is 19.9 Å². The highest BCUT2D eigenvalue weighted by molar-refractivity contribution is 5.81. The van der Waals surface area contributed by atoms with E-state index in [2.05, 4.69) is 51.4 Å². The molecule has 4 heteroatoms. The predicted molar refractivity (Wildman–Crippen MR) is 129 cm³/mol. The summed E-state index contributed by atoms with van der Waals surface area (Å²) >= 11 is 0. The summed E-state index contributed by atoms with van der Waals surface area (Å²) in [6, 6.07) is 24.4. The Bertz CT molecular complexity index is 1330. The molecule has 0 saturated carbocycles. The maximum Gasteiger partial charge on any atom is 0.0790 e. The summed E-state index contributed by atoms with van der Waals surface area (Å²) in [5.74, 6) is 0. The number of benzene rings is 1. The van der Waals surface area contributed by atoms with Gasteiger partial charge in [0.1, 0.15) is 0 Å². The quantitative estimate of drug-likeness (QED) is 0.333. The number of aromatic nitrogens is 4. The normalized spacial score (nSPS) is 11.0. The molecule has 0 amide bonds. The van der Waals surface area contributed by atoms with Crippen LogP contribution in [0.3, 0.4) is 0 Å². The Morgan fingerprint density at radius 3 is 1.97 bits per heavy atom. The van der Waals surface area contributed by atoms with E-state index in [9.17, 15) is 0 Å². The van der Waals surface area contributed by atoms with E-state index in [0.717, 1.165) is 44.8 Å². The van der Waals surface area contributed by atoms with Gasteiger partial charge in [0.25, 0.3) is 0 Å². The number of pyridine rings is 4. The number of nitrogens with zero attached hydrogens (tertiary/aromatic N) is 4. The van der Waals surface area contributed by atoms with Gasteiger partial charge in [0.15, 0.2) is 0 Å². The Hall–Kier alpha value is -4.44. The molecular formula is C28H20N4. The summed E-state index contributed by atoms with van der Waals surface area (Å²) in [5.41, 5.74) is 7.93. The zero-order valence-corrected chi connectivity index (χ0v) is 17.3. The van der Waals surface area contributed by atoms with Crippen molar-refractivity contribution in [3.8, 4) is 33.6 Å². The molecule has 0 saturated heterocycles. The van der Waals surface area contributed by atoms with Crippen LogP contribution in [-0.4, -0.2) is 19.9 Å². The zero-order valence-electron chi connectivity index (χ0n) is 17.3. The molecule has 0 aliphatic heterocycles. The number of hydrogen-bond acceptors (Lipinski definition) is 4. The molecule has 152 valence electrons. The van der Waals surface area contributed by atoms with E-state index in [-0.39, 0.29) is 0 Å². The molecule has 4 nitrogen and oxygen atoms in total. The lowest BCUT2D eigenvalue weighted by Crippen LogP contribution is -1.92. The summed E-state index contributed by atoms with van der Waals surface area (Å²) < 4.78 is 0. The van der Waals surface area contributed by atoms with Crippen LogP contribution in [0.25, 0.3) is 45.8 Å². The fourth-order valence-electron chi connectivity index (χ4n) is 3.51. The molecule has 0 fully saturated rings. The van der Waals surface area contributed by atoms with Crippen molar-refractivity contribution in [2.24, 2.45) is 0 Å². The Balaban J connectivity index is 1.55. The molecular weight excluding hydrogens is 392 g/mol. The van der Waals surface area contributed by atoms with Crippen molar-refractivity contribution in [2.45, 2.75) is 0 Å². The molecule has 5 aromatic rings. The Labute approximate surface area is 187 Å². The fraction of sp³-hybridized carbons (Fsp3) is 0. The lowest BCUT2D eigenvalue weighted by molar-refractivity contribution is 1.25. The molecule has 4 heterocycles. The largest absolute Gasteiger partial charge is 0.264 e. The van der Waals surface area contributed by atoms with Gasteiger partial charge in [-0.15, -0.1) is 0 Å². The lowest BCUT2D eigenvalue weighted by Gasteiger charge is -2.09. The smallest absolute Gasteiger partial charge is 0.0790 e. The summed E-state index contributed by atoms with van der Waals surface area (Å²) in [7, 11) is 0. The van der Waals surface area contributed by atoms with Crippen molar-refractivity contribution >= 4 is 12.2 Å². The second kappa shape index (κ2) is 9.14. The van der Waals surface area contributed by atoms with Gasteiger partial charge in [-0.2, -0.15) is 0 Å². The van der Waals surface area contributed by atoms with Crippen LogP contribution in [0.15, 0.2) is 110 Å². The minimum Gasteiger partial charge on any atom is -0.264 e. The highest BCUT2D eigenvalue weighted by Gasteiger charge is 2.09. The highest BCUT2D eigenvalue weighted by atomic mass is 14.7. The first-order valence-corrected chi connectivity index (χ1v) is 10.4. The summed E-state index contributed by atoms with van der Waals surface area (Å²) in [5, 5.41) is 0. The topological polar surface area (TPSA) is 51.6 Å². The van der Waals surface area contributed by atoms with Crippen LogP contribution in [-0.2, 0) is 0 Å². The van der Waals surface area contributed by atoms with Gasteiger partial charge in [-0.25, -0.2) is 0 Å². The van der Waals surface area contributed by atoms with E-state index in [0.29, 0.717) is 0 Å². The van der Waals surface area contributed by atoms with E-state index >= 15 is 0 Å². The van der Waals surface area contributed by atoms with Crippen LogP contribution in [0, 0.1) is 0 Å². The van der Waals surface area contributed by atoms with Gasteiger partial charge in [0.05, 0.1) is 11.4 Å². The standard InChI is InChI=1S/C28H20N4/c1-2-6-21(7-3-1)10-11-22-16-26(23-8-4-14-29-17-23)20-32-28(22)25-12-13-27(31-19-25)24-9-5-15-30-18-24/h1-20H/b11-10+. The first kappa shape index (κ1) is 19.5.